The molecule has 0 saturated carbocycles. The molecule has 0 unspecified atom stereocenters. The lowest BCUT2D eigenvalue weighted by molar-refractivity contribution is 0.477. The van der Waals surface area contributed by atoms with Crippen molar-refractivity contribution in [1.29, 1.82) is 0 Å². The number of phenolic OH excluding ortho intramolecular Hbond substituents is 1. The fourth-order valence-electron chi connectivity index (χ4n) is 2.35. The van der Waals surface area contributed by atoms with Gasteiger partial charge in [0.15, 0.2) is 5.82 Å². The monoisotopic (exact) mass is 334 g/mol. The molecule has 23 heavy (non-hydrogen) atoms. The second-order valence-corrected chi connectivity index (χ2v) is 5.96. The zero-order chi connectivity index (χ0) is 17.0. The van der Waals surface area contributed by atoms with E-state index in [0.29, 0.717) is 23.0 Å². The van der Waals surface area contributed by atoms with E-state index >= 15 is 0 Å². The van der Waals surface area contributed by atoms with Crippen molar-refractivity contribution in [3.8, 4) is 17.1 Å². The van der Waals surface area contributed by atoms with Crippen molar-refractivity contribution in [3.63, 3.8) is 0 Å². The molecule has 0 bridgehead atoms. The molecule has 0 amide bonds. The molecular weight excluding hydrogens is 312 g/mol. The number of halogens is 1. The molecule has 2 aromatic rings. The summed E-state index contributed by atoms with van der Waals surface area (Å²) in [4.78, 5) is 9.11. The topological polar surface area (TPSA) is 84.1 Å². The third kappa shape index (κ3) is 4.12. The van der Waals surface area contributed by atoms with Gasteiger partial charge in [-0.1, -0.05) is 25.4 Å². The summed E-state index contributed by atoms with van der Waals surface area (Å²) in [5, 5.41) is 13.9. The molecule has 0 radical (unpaired) electrons. The number of aromatic hydroxyl groups is 1. The van der Waals surface area contributed by atoms with Crippen LogP contribution in [-0.2, 0) is 6.42 Å². The Morgan fingerprint density at radius 1 is 1.30 bits per heavy atom. The molecule has 124 valence electrons. The molecule has 1 atom stereocenters. The maximum Gasteiger partial charge on any atom is 0.165 e. The molecular formula is C17H23ClN4O. The predicted octanol–water partition coefficient (Wildman–Crippen LogP) is 3.52. The van der Waals surface area contributed by atoms with Gasteiger partial charge in [-0.15, -0.1) is 0 Å². The number of hydrogen-bond acceptors (Lipinski definition) is 5. The molecule has 4 N–H and O–H groups in total. The molecule has 0 aliphatic carbocycles. The van der Waals surface area contributed by atoms with Gasteiger partial charge in [0.2, 0.25) is 0 Å². The number of nitrogens with one attached hydrogen (secondary N) is 1. The average molecular weight is 335 g/mol. The van der Waals surface area contributed by atoms with Gasteiger partial charge in [-0.3, -0.25) is 0 Å². The molecule has 6 heteroatoms. The van der Waals surface area contributed by atoms with Gasteiger partial charge in [-0.2, -0.15) is 0 Å². The van der Waals surface area contributed by atoms with E-state index in [1.54, 1.807) is 18.2 Å². The normalized spacial score (nSPS) is 12.2. The van der Waals surface area contributed by atoms with E-state index in [0.717, 1.165) is 29.9 Å². The second-order valence-electron chi connectivity index (χ2n) is 5.52. The molecule has 5 nitrogen and oxygen atoms in total. The summed E-state index contributed by atoms with van der Waals surface area (Å²) in [5.74, 6) is 1.32. The van der Waals surface area contributed by atoms with Gasteiger partial charge in [0.1, 0.15) is 11.6 Å². The number of rotatable bonds is 6. The predicted molar refractivity (Wildman–Crippen MR) is 95.0 cm³/mol. The van der Waals surface area contributed by atoms with Crippen molar-refractivity contribution >= 4 is 17.4 Å². The molecule has 0 aliphatic heterocycles. The van der Waals surface area contributed by atoms with E-state index in [1.807, 2.05) is 13.8 Å². The molecule has 0 spiro atoms. The lowest BCUT2D eigenvalue weighted by Crippen LogP contribution is -2.28. The zero-order valence-corrected chi connectivity index (χ0v) is 14.5. The molecule has 0 aliphatic rings. The molecule has 1 aromatic carbocycles. The van der Waals surface area contributed by atoms with E-state index in [1.165, 1.54) is 0 Å². The SMILES string of the molecule is CCc1c(C)nc(-c2cc(Cl)ccc2O)nc1NC[C@@H](N)CC. The standard InChI is InChI=1S/C17H23ClN4O/c1-4-12(19)9-20-16-13(5-2)10(3)21-17(22-16)14-8-11(18)6-7-15(14)23/h6-8,12,23H,4-5,9,19H2,1-3H3,(H,20,21,22)/t12-/m0/s1. The van der Waals surface area contributed by atoms with Crippen LogP contribution in [0.3, 0.4) is 0 Å². The van der Waals surface area contributed by atoms with Gasteiger partial charge in [0.05, 0.1) is 5.56 Å². The summed E-state index contributed by atoms with van der Waals surface area (Å²) in [6.07, 6.45) is 1.71. The van der Waals surface area contributed by atoms with E-state index in [2.05, 4.69) is 22.2 Å². The summed E-state index contributed by atoms with van der Waals surface area (Å²) >= 11 is 6.03. The van der Waals surface area contributed by atoms with Gasteiger partial charge in [-0.25, -0.2) is 9.97 Å². The highest BCUT2D eigenvalue weighted by Crippen LogP contribution is 2.31. The van der Waals surface area contributed by atoms with Gasteiger partial charge in [0, 0.05) is 28.9 Å². The number of hydrogen-bond donors (Lipinski definition) is 3. The lowest BCUT2D eigenvalue weighted by Gasteiger charge is -2.16. The van der Waals surface area contributed by atoms with Crippen molar-refractivity contribution < 1.29 is 5.11 Å². The zero-order valence-electron chi connectivity index (χ0n) is 13.7. The molecule has 2 rings (SSSR count). The Hall–Kier alpha value is -1.85. The van der Waals surface area contributed by atoms with Crippen molar-refractivity contribution in [2.75, 3.05) is 11.9 Å². The van der Waals surface area contributed by atoms with Crippen LogP contribution in [-0.4, -0.2) is 27.7 Å². The molecule has 0 fully saturated rings. The summed E-state index contributed by atoms with van der Waals surface area (Å²) in [6, 6.07) is 4.91. The first-order valence-corrected chi connectivity index (χ1v) is 8.19. The number of benzene rings is 1. The Morgan fingerprint density at radius 2 is 2.04 bits per heavy atom. The third-order valence-corrected chi connectivity index (χ3v) is 4.06. The van der Waals surface area contributed by atoms with Crippen molar-refractivity contribution in [3.05, 3.63) is 34.5 Å². The smallest absolute Gasteiger partial charge is 0.165 e. The van der Waals surface area contributed by atoms with Crippen LogP contribution in [0.1, 0.15) is 31.5 Å². The summed E-state index contributed by atoms with van der Waals surface area (Å²) < 4.78 is 0. The van der Waals surface area contributed by atoms with E-state index in [4.69, 9.17) is 17.3 Å². The summed E-state index contributed by atoms with van der Waals surface area (Å²) in [5.41, 5.74) is 8.43. The first-order chi connectivity index (χ1) is 11.0. The maximum absolute atomic E-state index is 10.1. The Labute approximate surface area is 141 Å². The molecule has 0 saturated heterocycles. The number of anilines is 1. The highest BCUT2D eigenvalue weighted by atomic mass is 35.5. The van der Waals surface area contributed by atoms with Gasteiger partial charge in [0.25, 0.3) is 0 Å². The van der Waals surface area contributed by atoms with Crippen molar-refractivity contribution in [1.82, 2.24) is 9.97 Å². The number of nitrogens with two attached hydrogens (primary N) is 1. The Morgan fingerprint density at radius 3 is 2.70 bits per heavy atom. The van der Waals surface area contributed by atoms with Crippen molar-refractivity contribution in [2.45, 2.75) is 39.7 Å². The van der Waals surface area contributed by atoms with Crippen LogP contribution < -0.4 is 11.1 Å². The number of phenols is 1. The third-order valence-electron chi connectivity index (χ3n) is 3.82. The minimum atomic E-state index is 0.0676. The van der Waals surface area contributed by atoms with E-state index in [-0.39, 0.29) is 11.8 Å². The summed E-state index contributed by atoms with van der Waals surface area (Å²) in [6.45, 7) is 6.69. The van der Waals surface area contributed by atoms with Crippen LogP contribution in [0.5, 0.6) is 5.75 Å². The van der Waals surface area contributed by atoms with Gasteiger partial charge < -0.3 is 16.2 Å². The Bertz CT molecular complexity index is 691. The molecule has 1 heterocycles. The number of nitrogens with zero attached hydrogens (tertiary/aromatic N) is 2. The summed E-state index contributed by atoms with van der Waals surface area (Å²) in [7, 11) is 0. The largest absolute Gasteiger partial charge is 0.507 e. The number of aryl methyl sites for hydroxylation is 1. The van der Waals surface area contributed by atoms with Crippen molar-refractivity contribution in [2.24, 2.45) is 5.73 Å². The van der Waals surface area contributed by atoms with E-state index in [9.17, 15) is 5.11 Å². The van der Waals surface area contributed by atoms with E-state index < -0.39 is 0 Å². The molecule has 1 aromatic heterocycles. The van der Waals surface area contributed by atoms with Crippen LogP contribution in [0, 0.1) is 6.92 Å². The maximum atomic E-state index is 10.1. The van der Waals surface area contributed by atoms with Crippen LogP contribution in [0.4, 0.5) is 5.82 Å². The highest BCUT2D eigenvalue weighted by Gasteiger charge is 2.15. The lowest BCUT2D eigenvalue weighted by atomic mass is 10.1. The fourth-order valence-corrected chi connectivity index (χ4v) is 2.52. The minimum absolute atomic E-state index is 0.0676. The Kier molecular flexibility index (Phi) is 5.80. The highest BCUT2D eigenvalue weighted by molar-refractivity contribution is 6.30. The van der Waals surface area contributed by atoms with Crippen LogP contribution >= 0.6 is 11.6 Å². The van der Waals surface area contributed by atoms with Gasteiger partial charge >= 0.3 is 0 Å². The van der Waals surface area contributed by atoms with Gasteiger partial charge in [-0.05, 0) is 38.0 Å². The van der Waals surface area contributed by atoms with Crippen LogP contribution in [0.15, 0.2) is 18.2 Å². The van der Waals surface area contributed by atoms with Crippen LogP contribution in [0.2, 0.25) is 5.02 Å². The minimum Gasteiger partial charge on any atom is -0.507 e. The quantitative estimate of drug-likeness (QED) is 0.752. The average Bonchev–Trinajstić information content (AvgIpc) is 2.54. The second kappa shape index (κ2) is 7.62. The first kappa shape index (κ1) is 17.5. The first-order valence-electron chi connectivity index (χ1n) is 7.82. The van der Waals surface area contributed by atoms with Crippen LogP contribution in [0.25, 0.3) is 11.4 Å². The number of aromatic nitrogens is 2. The Balaban J connectivity index is 2.45. The fraction of sp³-hybridized carbons (Fsp3) is 0.412.